The fourth-order valence-electron chi connectivity index (χ4n) is 3.52. The number of sulfonamides is 1. The van der Waals surface area contributed by atoms with Crippen LogP contribution in [-0.4, -0.2) is 31.3 Å². The quantitative estimate of drug-likeness (QED) is 0.639. The van der Waals surface area contributed by atoms with Gasteiger partial charge in [0.1, 0.15) is 0 Å². The minimum absolute atomic E-state index is 0.171. The SMILES string of the molecule is Cc1ccccc1C(=O)N1N=C(c2ccccc2NS(C)(=O)=O)CC1c1cccs1. The molecule has 0 saturated carbocycles. The molecule has 1 N–H and O–H groups in total. The highest BCUT2D eigenvalue weighted by molar-refractivity contribution is 7.92. The number of para-hydroxylation sites is 1. The van der Waals surface area contributed by atoms with Crippen molar-refractivity contribution in [1.29, 1.82) is 0 Å². The Bertz CT molecular complexity index is 1220. The van der Waals surface area contributed by atoms with E-state index in [0.29, 0.717) is 28.9 Å². The Morgan fingerprint density at radius 1 is 1.10 bits per heavy atom. The Balaban J connectivity index is 1.77. The van der Waals surface area contributed by atoms with E-state index in [1.165, 1.54) is 5.01 Å². The van der Waals surface area contributed by atoms with Crippen LogP contribution in [0.1, 0.15) is 38.8 Å². The number of benzene rings is 2. The molecule has 8 heteroatoms. The molecule has 30 heavy (non-hydrogen) atoms. The van der Waals surface area contributed by atoms with Gasteiger partial charge in [0, 0.05) is 22.4 Å². The Hall–Kier alpha value is -2.97. The van der Waals surface area contributed by atoms with Gasteiger partial charge in [-0.3, -0.25) is 9.52 Å². The molecule has 0 fully saturated rings. The lowest BCUT2D eigenvalue weighted by molar-refractivity contribution is 0.0713. The molecule has 4 rings (SSSR count). The van der Waals surface area contributed by atoms with E-state index in [1.54, 1.807) is 29.5 Å². The number of carbonyl (C=O) groups is 1. The lowest BCUT2D eigenvalue weighted by Gasteiger charge is -2.21. The zero-order valence-electron chi connectivity index (χ0n) is 16.6. The Kier molecular flexibility index (Phi) is 5.44. The first kappa shape index (κ1) is 20.3. The second-order valence-corrected chi connectivity index (χ2v) is 9.89. The van der Waals surface area contributed by atoms with Gasteiger partial charge in [0.15, 0.2) is 0 Å². The summed E-state index contributed by atoms with van der Waals surface area (Å²) in [5.41, 5.74) is 3.28. The number of nitrogens with zero attached hydrogens (tertiary/aromatic N) is 2. The van der Waals surface area contributed by atoms with Crippen LogP contribution < -0.4 is 4.72 Å². The van der Waals surface area contributed by atoms with Crippen molar-refractivity contribution < 1.29 is 13.2 Å². The number of hydrogen-bond donors (Lipinski definition) is 1. The summed E-state index contributed by atoms with van der Waals surface area (Å²) in [4.78, 5) is 14.4. The Labute approximate surface area is 179 Å². The van der Waals surface area contributed by atoms with E-state index in [-0.39, 0.29) is 11.9 Å². The number of hydrazone groups is 1. The molecule has 6 nitrogen and oxygen atoms in total. The molecule has 0 spiro atoms. The average molecular weight is 440 g/mol. The molecule has 0 saturated heterocycles. The standard InChI is InChI=1S/C22H21N3O3S2/c1-15-8-3-4-9-16(15)22(26)25-20(21-12-7-13-29-21)14-19(23-25)17-10-5-6-11-18(17)24-30(2,27)28/h3-13,20,24H,14H2,1-2H3. The van der Waals surface area contributed by atoms with Gasteiger partial charge in [-0.2, -0.15) is 5.10 Å². The second kappa shape index (κ2) is 8.04. The third-order valence-electron chi connectivity index (χ3n) is 4.90. The van der Waals surface area contributed by atoms with Crippen molar-refractivity contribution >= 4 is 38.7 Å². The number of thiophene rings is 1. The molecule has 2 heterocycles. The minimum Gasteiger partial charge on any atom is -0.283 e. The van der Waals surface area contributed by atoms with Crippen LogP contribution in [0, 0.1) is 6.92 Å². The van der Waals surface area contributed by atoms with Crippen molar-refractivity contribution in [2.24, 2.45) is 5.10 Å². The third kappa shape index (κ3) is 4.15. The molecule has 0 radical (unpaired) electrons. The van der Waals surface area contributed by atoms with E-state index in [1.807, 2.05) is 54.8 Å². The van der Waals surface area contributed by atoms with Crippen LogP contribution in [0.4, 0.5) is 5.69 Å². The van der Waals surface area contributed by atoms with Gasteiger partial charge in [-0.05, 0) is 36.1 Å². The molecule has 0 bridgehead atoms. The Morgan fingerprint density at radius 2 is 1.83 bits per heavy atom. The monoisotopic (exact) mass is 439 g/mol. The van der Waals surface area contributed by atoms with E-state index in [9.17, 15) is 13.2 Å². The summed E-state index contributed by atoms with van der Waals surface area (Å²) in [6.45, 7) is 1.90. The van der Waals surface area contributed by atoms with Gasteiger partial charge in [0.2, 0.25) is 10.0 Å². The molecule has 2 aromatic carbocycles. The molecule has 1 aliphatic heterocycles. The minimum atomic E-state index is -3.45. The number of rotatable bonds is 5. The number of carbonyl (C=O) groups excluding carboxylic acids is 1. The van der Waals surface area contributed by atoms with Crippen molar-refractivity contribution in [3.63, 3.8) is 0 Å². The van der Waals surface area contributed by atoms with Crippen LogP contribution in [0.15, 0.2) is 71.1 Å². The van der Waals surface area contributed by atoms with Crippen LogP contribution in [0.25, 0.3) is 0 Å². The van der Waals surface area contributed by atoms with Crippen LogP contribution >= 0.6 is 11.3 Å². The van der Waals surface area contributed by atoms with Crippen LogP contribution in [-0.2, 0) is 10.0 Å². The van der Waals surface area contributed by atoms with Gasteiger partial charge in [0.25, 0.3) is 5.91 Å². The van der Waals surface area contributed by atoms with Gasteiger partial charge >= 0.3 is 0 Å². The van der Waals surface area contributed by atoms with E-state index >= 15 is 0 Å². The van der Waals surface area contributed by atoms with Gasteiger partial charge in [-0.25, -0.2) is 13.4 Å². The summed E-state index contributed by atoms with van der Waals surface area (Å²) < 4.78 is 26.2. The Morgan fingerprint density at radius 3 is 2.53 bits per heavy atom. The fraction of sp³-hybridized carbons (Fsp3) is 0.182. The number of hydrogen-bond acceptors (Lipinski definition) is 5. The lowest BCUT2D eigenvalue weighted by Crippen LogP contribution is -2.27. The summed E-state index contributed by atoms with van der Waals surface area (Å²) >= 11 is 1.57. The number of aryl methyl sites for hydroxylation is 1. The van der Waals surface area contributed by atoms with Crippen molar-refractivity contribution in [2.45, 2.75) is 19.4 Å². The summed E-state index contributed by atoms with van der Waals surface area (Å²) in [5, 5.41) is 8.18. The van der Waals surface area contributed by atoms with E-state index in [4.69, 9.17) is 0 Å². The van der Waals surface area contributed by atoms with Gasteiger partial charge in [-0.15, -0.1) is 11.3 Å². The highest BCUT2D eigenvalue weighted by Crippen LogP contribution is 2.37. The van der Waals surface area contributed by atoms with Crippen molar-refractivity contribution in [3.8, 4) is 0 Å². The van der Waals surface area contributed by atoms with E-state index in [0.717, 1.165) is 16.7 Å². The smallest absolute Gasteiger partial charge is 0.274 e. The predicted molar refractivity (Wildman–Crippen MR) is 120 cm³/mol. The van der Waals surface area contributed by atoms with Gasteiger partial charge in [-0.1, -0.05) is 42.5 Å². The lowest BCUT2D eigenvalue weighted by atomic mass is 10.0. The van der Waals surface area contributed by atoms with Crippen LogP contribution in [0.2, 0.25) is 0 Å². The van der Waals surface area contributed by atoms with E-state index < -0.39 is 10.0 Å². The highest BCUT2D eigenvalue weighted by atomic mass is 32.2. The maximum atomic E-state index is 13.4. The van der Waals surface area contributed by atoms with Crippen LogP contribution in [0.3, 0.4) is 0 Å². The summed E-state index contributed by atoms with van der Waals surface area (Å²) in [6, 6.07) is 18.3. The first-order chi connectivity index (χ1) is 14.3. The molecular weight excluding hydrogens is 418 g/mol. The fourth-order valence-corrected chi connectivity index (χ4v) is 4.91. The molecule has 1 amide bonds. The van der Waals surface area contributed by atoms with Gasteiger partial charge in [0.05, 0.1) is 23.7 Å². The van der Waals surface area contributed by atoms with E-state index in [2.05, 4.69) is 9.82 Å². The zero-order valence-corrected chi connectivity index (χ0v) is 18.2. The molecular formula is C22H21N3O3S2. The summed E-state index contributed by atoms with van der Waals surface area (Å²) in [6.07, 6.45) is 1.61. The number of anilines is 1. The van der Waals surface area contributed by atoms with Crippen molar-refractivity contribution in [1.82, 2.24) is 5.01 Å². The molecule has 0 aliphatic carbocycles. The largest absolute Gasteiger partial charge is 0.283 e. The zero-order chi connectivity index (χ0) is 21.3. The van der Waals surface area contributed by atoms with Crippen LogP contribution in [0.5, 0.6) is 0 Å². The maximum Gasteiger partial charge on any atom is 0.274 e. The van der Waals surface area contributed by atoms with Gasteiger partial charge < -0.3 is 0 Å². The first-order valence-corrected chi connectivity index (χ1v) is 12.2. The summed E-state index contributed by atoms with van der Waals surface area (Å²) in [7, 11) is -3.45. The molecule has 154 valence electrons. The third-order valence-corrected chi connectivity index (χ3v) is 6.46. The molecule has 1 aliphatic rings. The topological polar surface area (TPSA) is 78.8 Å². The maximum absolute atomic E-state index is 13.4. The molecule has 1 atom stereocenters. The molecule has 3 aromatic rings. The highest BCUT2D eigenvalue weighted by Gasteiger charge is 2.35. The average Bonchev–Trinajstić information content (AvgIpc) is 3.37. The predicted octanol–water partition coefficient (Wildman–Crippen LogP) is 4.42. The molecule has 1 unspecified atom stereocenters. The number of amides is 1. The summed E-state index contributed by atoms with van der Waals surface area (Å²) in [5.74, 6) is -0.171. The second-order valence-electron chi connectivity index (χ2n) is 7.17. The number of nitrogens with one attached hydrogen (secondary N) is 1. The van der Waals surface area contributed by atoms with Crippen molar-refractivity contribution in [2.75, 3.05) is 11.0 Å². The first-order valence-electron chi connectivity index (χ1n) is 9.41. The normalized spacial score (nSPS) is 16.4. The molecule has 1 aromatic heterocycles. The van der Waals surface area contributed by atoms with Crippen molar-refractivity contribution in [3.05, 3.63) is 87.6 Å².